The van der Waals surface area contributed by atoms with Gasteiger partial charge in [0.15, 0.2) is 6.61 Å². The van der Waals surface area contributed by atoms with Crippen LogP contribution in [0.2, 0.25) is 0 Å². The molecule has 28 heavy (non-hydrogen) atoms. The molecule has 0 heterocycles. The summed E-state index contributed by atoms with van der Waals surface area (Å²) in [6.45, 7) is 0.410. The molecule has 152 valence electrons. The Bertz CT molecular complexity index is 712. The van der Waals surface area contributed by atoms with Crippen molar-refractivity contribution < 1.29 is 14.3 Å². The Labute approximate surface area is 176 Å². The number of rotatable bonds is 8. The van der Waals surface area contributed by atoms with Crippen LogP contribution < -0.4 is 5.32 Å². The first-order chi connectivity index (χ1) is 13.5. The van der Waals surface area contributed by atoms with Crippen molar-refractivity contribution in [1.82, 2.24) is 5.32 Å². The van der Waals surface area contributed by atoms with Crippen molar-refractivity contribution in [1.29, 1.82) is 0 Å². The van der Waals surface area contributed by atoms with Gasteiger partial charge in [-0.3, -0.25) is 9.59 Å². The SMILES string of the molecule is O=C(COC(=O)C12C[C@@H]3C[C@@H](CC(Cl)(C3)C1)C2)NCCCSc1ccccc1. The molecule has 0 radical (unpaired) electrons. The minimum atomic E-state index is -0.446. The summed E-state index contributed by atoms with van der Waals surface area (Å²) in [7, 11) is 0. The Morgan fingerprint density at radius 2 is 1.86 bits per heavy atom. The summed E-state index contributed by atoms with van der Waals surface area (Å²) in [6.07, 6.45) is 6.62. The van der Waals surface area contributed by atoms with Crippen molar-refractivity contribution in [2.75, 3.05) is 18.9 Å². The van der Waals surface area contributed by atoms with Crippen LogP contribution >= 0.6 is 23.4 Å². The Morgan fingerprint density at radius 3 is 2.54 bits per heavy atom. The number of carbonyl (C=O) groups is 2. The lowest BCUT2D eigenvalue weighted by Gasteiger charge is -2.58. The predicted molar refractivity (Wildman–Crippen MR) is 111 cm³/mol. The first-order valence-corrected chi connectivity index (χ1v) is 11.6. The van der Waals surface area contributed by atoms with Crippen LogP contribution in [-0.2, 0) is 14.3 Å². The second-order valence-electron chi connectivity index (χ2n) is 8.83. The second-order valence-corrected chi connectivity index (χ2v) is 10.8. The highest BCUT2D eigenvalue weighted by Gasteiger charge is 2.60. The fourth-order valence-corrected chi connectivity index (χ4v) is 7.30. The van der Waals surface area contributed by atoms with Crippen molar-refractivity contribution in [2.24, 2.45) is 17.3 Å². The predicted octanol–water partition coefficient (Wildman–Crippen LogP) is 4.41. The topological polar surface area (TPSA) is 55.4 Å². The van der Waals surface area contributed by atoms with Crippen molar-refractivity contribution >= 4 is 35.2 Å². The number of benzene rings is 1. The van der Waals surface area contributed by atoms with E-state index in [-0.39, 0.29) is 23.4 Å². The number of ether oxygens (including phenoxy) is 1. The average Bonchev–Trinajstić information content (AvgIpc) is 2.64. The molecule has 1 aromatic carbocycles. The van der Waals surface area contributed by atoms with Gasteiger partial charge in [0.1, 0.15) is 0 Å². The Kier molecular flexibility index (Phi) is 5.93. The zero-order valence-electron chi connectivity index (χ0n) is 16.1. The highest BCUT2D eigenvalue weighted by Crippen LogP contribution is 2.64. The maximum atomic E-state index is 12.8. The number of halogens is 1. The fraction of sp³-hybridized carbons (Fsp3) is 0.636. The van der Waals surface area contributed by atoms with E-state index in [0.717, 1.165) is 37.9 Å². The molecule has 1 N–H and O–H groups in total. The minimum Gasteiger partial charge on any atom is -0.455 e. The normalized spacial score (nSPS) is 32.9. The summed E-state index contributed by atoms with van der Waals surface area (Å²) in [5.41, 5.74) is -0.446. The third-order valence-corrected chi connectivity index (χ3v) is 7.95. The summed E-state index contributed by atoms with van der Waals surface area (Å²) in [6, 6.07) is 10.2. The quantitative estimate of drug-likeness (QED) is 0.292. The van der Waals surface area contributed by atoms with Gasteiger partial charge in [-0.15, -0.1) is 23.4 Å². The number of hydrogen-bond acceptors (Lipinski definition) is 4. The minimum absolute atomic E-state index is 0.184. The Hall–Kier alpha value is -1.20. The number of carbonyl (C=O) groups excluding carboxylic acids is 2. The monoisotopic (exact) mass is 421 g/mol. The van der Waals surface area contributed by atoms with Crippen molar-refractivity contribution in [3.63, 3.8) is 0 Å². The summed E-state index contributed by atoms with van der Waals surface area (Å²) >= 11 is 8.55. The Balaban J connectivity index is 1.16. The highest BCUT2D eigenvalue weighted by atomic mass is 35.5. The molecule has 4 aliphatic carbocycles. The van der Waals surface area contributed by atoms with Crippen molar-refractivity contribution in [3.05, 3.63) is 30.3 Å². The lowest BCUT2D eigenvalue weighted by atomic mass is 9.49. The molecule has 0 aliphatic heterocycles. The molecule has 1 amide bonds. The molecule has 6 heteroatoms. The molecular formula is C22H28ClNO3S. The molecule has 4 atom stereocenters. The molecule has 4 bridgehead atoms. The Morgan fingerprint density at radius 1 is 1.14 bits per heavy atom. The van der Waals surface area contributed by atoms with E-state index in [1.54, 1.807) is 11.8 Å². The summed E-state index contributed by atoms with van der Waals surface area (Å²) in [4.78, 5) is 25.9. The molecule has 4 nitrogen and oxygen atoms in total. The molecule has 2 unspecified atom stereocenters. The largest absolute Gasteiger partial charge is 0.455 e. The van der Waals surface area contributed by atoms with Crippen molar-refractivity contribution in [2.45, 2.75) is 54.7 Å². The van der Waals surface area contributed by atoms with Crippen LogP contribution in [0.1, 0.15) is 44.9 Å². The summed E-state index contributed by atoms with van der Waals surface area (Å²) < 4.78 is 5.45. The van der Waals surface area contributed by atoms with Gasteiger partial charge in [0.2, 0.25) is 0 Å². The van der Waals surface area contributed by atoms with E-state index < -0.39 is 5.41 Å². The van der Waals surface area contributed by atoms with Gasteiger partial charge in [0.05, 0.1) is 5.41 Å². The maximum absolute atomic E-state index is 12.8. The molecule has 0 saturated heterocycles. The first kappa shape index (κ1) is 20.1. The molecule has 1 aromatic rings. The third kappa shape index (κ3) is 4.51. The molecular weight excluding hydrogens is 394 g/mol. The molecule has 4 aliphatic rings. The zero-order valence-corrected chi connectivity index (χ0v) is 17.7. The van der Waals surface area contributed by atoms with Gasteiger partial charge in [0.25, 0.3) is 5.91 Å². The molecule has 0 spiro atoms. The zero-order chi connectivity index (χ0) is 19.6. The summed E-state index contributed by atoms with van der Waals surface area (Å²) in [5.74, 6) is 1.60. The van der Waals surface area contributed by atoms with E-state index in [9.17, 15) is 9.59 Å². The van der Waals surface area contributed by atoms with Gasteiger partial charge in [-0.2, -0.15) is 0 Å². The third-order valence-electron chi connectivity index (χ3n) is 6.41. The number of thioether (sulfide) groups is 1. The van der Waals surface area contributed by atoms with Gasteiger partial charge in [-0.25, -0.2) is 0 Å². The van der Waals surface area contributed by atoms with Crippen LogP contribution in [0.15, 0.2) is 35.2 Å². The first-order valence-electron chi connectivity index (χ1n) is 10.3. The van der Waals surface area contributed by atoms with Gasteiger partial charge in [0, 0.05) is 16.3 Å². The second kappa shape index (κ2) is 8.27. The van der Waals surface area contributed by atoms with Gasteiger partial charge >= 0.3 is 5.97 Å². The van der Waals surface area contributed by atoms with E-state index in [1.165, 1.54) is 11.3 Å². The van der Waals surface area contributed by atoms with Crippen molar-refractivity contribution in [3.8, 4) is 0 Å². The van der Waals surface area contributed by atoms with E-state index >= 15 is 0 Å². The molecule has 4 saturated carbocycles. The van der Waals surface area contributed by atoms with Gasteiger partial charge in [-0.05, 0) is 74.7 Å². The van der Waals surface area contributed by atoms with E-state index in [2.05, 4.69) is 17.4 Å². The van der Waals surface area contributed by atoms with Crippen LogP contribution in [0, 0.1) is 17.3 Å². The van der Waals surface area contributed by atoms with Crippen LogP contribution in [0.3, 0.4) is 0 Å². The smallest absolute Gasteiger partial charge is 0.312 e. The number of alkyl halides is 1. The molecule has 0 aromatic heterocycles. The lowest BCUT2D eigenvalue weighted by molar-refractivity contribution is -0.171. The fourth-order valence-electron chi connectivity index (χ4n) is 5.73. The standard InChI is InChI=1S/C22H28ClNO3S/c23-22-12-16-9-17(13-22)11-21(10-16,15-22)20(26)27-14-19(25)24-7-4-8-28-18-5-2-1-3-6-18/h1-3,5-6,16-17H,4,7-15H2,(H,24,25)/t16-,17+,21?,22?. The van der Waals surface area contributed by atoms with Gasteiger partial charge in [-0.1, -0.05) is 18.2 Å². The number of hydrogen-bond donors (Lipinski definition) is 1. The lowest BCUT2D eigenvalue weighted by Crippen LogP contribution is -2.56. The van der Waals surface area contributed by atoms with Crippen LogP contribution in [0.4, 0.5) is 0 Å². The number of nitrogens with one attached hydrogen (secondary N) is 1. The highest BCUT2D eigenvalue weighted by molar-refractivity contribution is 7.99. The van der Waals surface area contributed by atoms with E-state index in [4.69, 9.17) is 16.3 Å². The number of esters is 1. The van der Waals surface area contributed by atoms with Gasteiger partial charge < -0.3 is 10.1 Å². The average molecular weight is 422 g/mol. The summed E-state index contributed by atoms with van der Waals surface area (Å²) in [5, 5.41) is 2.85. The molecule has 4 fully saturated rings. The van der Waals surface area contributed by atoms with E-state index in [1.807, 2.05) is 18.2 Å². The maximum Gasteiger partial charge on any atom is 0.312 e. The van der Waals surface area contributed by atoms with Crippen LogP contribution in [0.25, 0.3) is 0 Å². The van der Waals surface area contributed by atoms with Crippen LogP contribution in [-0.4, -0.2) is 35.7 Å². The number of amides is 1. The van der Waals surface area contributed by atoms with E-state index in [0.29, 0.717) is 24.8 Å². The van der Waals surface area contributed by atoms with Crippen LogP contribution in [0.5, 0.6) is 0 Å². The molecule has 5 rings (SSSR count).